The van der Waals surface area contributed by atoms with Crippen molar-refractivity contribution in [3.63, 3.8) is 0 Å². The lowest BCUT2D eigenvalue weighted by Crippen LogP contribution is -2.51. The van der Waals surface area contributed by atoms with Crippen molar-refractivity contribution in [2.24, 2.45) is 11.8 Å². The molecule has 2 aromatic rings. The lowest BCUT2D eigenvalue weighted by molar-refractivity contribution is -0.164. The highest BCUT2D eigenvalue weighted by atomic mass is 16.5. The first kappa shape index (κ1) is 17.8. The first-order chi connectivity index (χ1) is 12.5. The molecule has 2 N–H and O–H groups in total. The second-order valence-electron chi connectivity index (χ2n) is 6.33. The normalized spacial score (nSPS) is 24.4. The van der Waals surface area contributed by atoms with E-state index in [2.05, 4.69) is 0 Å². The zero-order valence-electron chi connectivity index (χ0n) is 14.5. The molecule has 1 fully saturated rings. The van der Waals surface area contributed by atoms with Gasteiger partial charge in [0.1, 0.15) is 11.5 Å². The Hall–Kier alpha value is -3.02. The molecular formula is C20H20O6. The van der Waals surface area contributed by atoms with Gasteiger partial charge in [0.05, 0.1) is 26.1 Å². The first-order valence-corrected chi connectivity index (χ1v) is 8.21. The lowest BCUT2D eigenvalue weighted by Gasteiger charge is -2.48. The van der Waals surface area contributed by atoms with Crippen molar-refractivity contribution in [3.8, 4) is 11.5 Å². The van der Waals surface area contributed by atoms with E-state index in [1.807, 2.05) is 12.1 Å². The summed E-state index contributed by atoms with van der Waals surface area (Å²) in [7, 11) is 3.07. The summed E-state index contributed by atoms with van der Waals surface area (Å²) in [6.07, 6.45) is 0. The van der Waals surface area contributed by atoms with Crippen LogP contribution in [0.3, 0.4) is 0 Å². The predicted molar refractivity (Wildman–Crippen MR) is 93.7 cm³/mol. The molecule has 136 valence electrons. The van der Waals surface area contributed by atoms with Gasteiger partial charge >= 0.3 is 11.9 Å². The minimum atomic E-state index is -1.11. The molecule has 0 radical (unpaired) electrons. The Morgan fingerprint density at radius 2 is 1.15 bits per heavy atom. The highest BCUT2D eigenvalue weighted by Gasteiger charge is 2.58. The van der Waals surface area contributed by atoms with Crippen molar-refractivity contribution < 1.29 is 29.3 Å². The molecule has 4 atom stereocenters. The van der Waals surface area contributed by atoms with Crippen LogP contribution in [-0.4, -0.2) is 36.4 Å². The Bertz CT molecular complexity index is 761. The lowest BCUT2D eigenvalue weighted by atomic mass is 9.52. The molecule has 0 amide bonds. The van der Waals surface area contributed by atoms with E-state index in [9.17, 15) is 19.8 Å². The van der Waals surface area contributed by atoms with Crippen LogP contribution in [0.4, 0.5) is 0 Å². The largest absolute Gasteiger partial charge is 0.497 e. The highest BCUT2D eigenvalue weighted by molar-refractivity contribution is 5.85. The molecule has 0 unspecified atom stereocenters. The third kappa shape index (κ3) is 2.98. The number of hydrogen-bond donors (Lipinski definition) is 2. The van der Waals surface area contributed by atoms with Crippen molar-refractivity contribution in [2.45, 2.75) is 11.8 Å². The third-order valence-corrected chi connectivity index (χ3v) is 5.08. The van der Waals surface area contributed by atoms with Crippen LogP contribution < -0.4 is 9.47 Å². The average molecular weight is 356 g/mol. The zero-order chi connectivity index (χ0) is 18.8. The quantitative estimate of drug-likeness (QED) is 0.826. The molecule has 26 heavy (non-hydrogen) atoms. The number of hydrogen-bond acceptors (Lipinski definition) is 4. The molecule has 1 saturated carbocycles. The minimum Gasteiger partial charge on any atom is -0.497 e. The smallest absolute Gasteiger partial charge is 0.308 e. The highest BCUT2D eigenvalue weighted by Crippen LogP contribution is 2.58. The van der Waals surface area contributed by atoms with Crippen molar-refractivity contribution >= 4 is 11.9 Å². The average Bonchev–Trinajstić information content (AvgIpc) is 2.60. The fraction of sp³-hybridized carbons (Fsp3) is 0.300. The maximum atomic E-state index is 11.8. The van der Waals surface area contributed by atoms with Crippen LogP contribution in [0.25, 0.3) is 0 Å². The number of carbonyl (C=O) groups is 2. The Balaban J connectivity index is 2.09. The number of carboxylic acid groups (broad SMARTS) is 2. The van der Waals surface area contributed by atoms with Crippen LogP contribution in [0.5, 0.6) is 11.5 Å². The van der Waals surface area contributed by atoms with Gasteiger partial charge in [0.15, 0.2) is 0 Å². The van der Waals surface area contributed by atoms with E-state index in [4.69, 9.17) is 9.47 Å². The number of benzene rings is 2. The fourth-order valence-corrected chi connectivity index (χ4v) is 3.89. The number of aliphatic carboxylic acids is 2. The topological polar surface area (TPSA) is 93.1 Å². The van der Waals surface area contributed by atoms with Gasteiger partial charge in [0.2, 0.25) is 0 Å². The van der Waals surface area contributed by atoms with Gasteiger partial charge in [-0.25, -0.2) is 0 Å². The molecule has 3 rings (SSSR count). The molecular weight excluding hydrogens is 336 g/mol. The summed E-state index contributed by atoms with van der Waals surface area (Å²) in [5.74, 6) is -3.93. The summed E-state index contributed by atoms with van der Waals surface area (Å²) in [5.41, 5.74) is 1.50. The molecule has 0 saturated heterocycles. The van der Waals surface area contributed by atoms with Crippen LogP contribution in [0.2, 0.25) is 0 Å². The summed E-state index contributed by atoms with van der Waals surface area (Å²) in [4.78, 5) is 23.6. The van der Waals surface area contributed by atoms with E-state index in [1.165, 1.54) is 14.2 Å². The summed E-state index contributed by atoms with van der Waals surface area (Å²) in [6, 6.07) is 14.3. The van der Waals surface area contributed by atoms with E-state index in [0.717, 1.165) is 11.1 Å². The molecule has 2 aromatic carbocycles. The van der Waals surface area contributed by atoms with Gasteiger partial charge in [-0.3, -0.25) is 9.59 Å². The SMILES string of the molecule is COc1cccc([C@@H]2[C@@H](C(=O)O)[C@@H](C(=O)O)[C@@H]2c2cccc(OC)c2)c1. The predicted octanol–water partition coefficient (Wildman–Crippen LogP) is 2.99. The third-order valence-electron chi connectivity index (χ3n) is 5.08. The number of rotatable bonds is 6. The second-order valence-corrected chi connectivity index (χ2v) is 6.33. The van der Waals surface area contributed by atoms with Gasteiger partial charge < -0.3 is 19.7 Å². The van der Waals surface area contributed by atoms with E-state index in [0.29, 0.717) is 11.5 Å². The summed E-state index contributed by atoms with van der Waals surface area (Å²) >= 11 is 0. The number of methoxy groups -OCH3 is 2. The van der Waals surface area contributed by atoms with Gasteiger partial charge in [-0.2, -0.15) is 0 Å². The van der Waals surface area contributed by atoms with Gasteiger partial charge in [-0.1, -0.05) is 24.3 Å². The first-order valence-electron chi connectivity index (χ1n) is 8.21. The Labute approximate surface area is 151 Å². The molecule has 0 aromatic heterocycles. The molecule has 6 nitrogen and oxygen atoms in total. The second kappa shape index (κ2) is 7.07. The van der Waals surface area contributed by atoms with Gasteiger partial charge in [-0.05, 0) is 35.4 Å². The maximum Gasteiger partial charge on any atom is 0.308 e. The molecule has 0 heterocycles. The number of ether oxygens (including phenoxy) is 2. The molecule has 0 bridgehead atoms. The van der Waals surface area contributed by atoms with E-state index in [1.54, 1.807) is 36.4 Å². The molecule has 6 heteroatoms. The Kier molecular flexibility index (Phi) is 4.84. The fourth-order valence-electron chi connectivity index (χ4n) is 3.89. The van der Waals surface area contributed by atoms with Crippen molar-refractivity contribution in [1.82, 2.24) is 0 Å². The Morgan fingerprint density at radius 3 is 1.46 bits per heavy atom. The summed E-state index contributed by atoms with van der Waals surface area (Å²) in [5, 5.41) is 19.3. The minimum absolute atomic E-state index is 0.462. The summed E-state index contributed by atoms with van der Waals surface area (Å²) in [6.45, 7) is 0. The van der Waals surface area contributed by atoms with Gasteiger partial charge in [0, 0.05) is 11.8 Å². The van der Waals surface area contributed by atoms with Crippen LogP contribution in [0, 0.1) is 11.8 Å². The van der Waals surface area contributed by atoms with Crippen molar-refractivity contribution in [3.05, 3.63) is 59.7 Å². The van der Waals surface area contributed by atoms with E-state index < -0.39 is 35.6 Å². The maximum absolute atomic E-state index is 11.8. The molecule has 0 spiro atoms. The van der Waals surface area contributed by atoms with Crippen LogP contribution in [0.15, 0.2) is 48.5 Å². The van der Waals surface area contributed by atoms with Gasteiger partial charge in [-0.15, -0.1) is 0 Å². The summed E-state index contributed by atoms with van der Waals surface area (Å²) < 4.78 is 10.5. The van der Waals surface area contributed by atoms with Crippen LogP contribution in [0.1, 0.15) is 23.0 Å². The molecule has 0 aliphatic heterocycles. The van der Waals surface area contributed by atoms with Gasteiger partial charge in [0.25, 0.3) is 0 Å². The number of carboxylic acids is 2. The molecule has 1 aliphatic carbocycles. The van der Waals surface area contributed by atoms with Crippen molar-refractivity contribution in [2.75, 3.05) is 14.2 Å². The zero-order valence-corrected chi connectivity index (χ0v) is 14.5. The van der Waals surface area contributed by atoms with E-state index >= 15 is 0 Å². The monoisotopic (exact) mass is 356 g/mol. The Morgan fingerprint density at radius 1 is 0.769 bits per heavy atom. The molecule has 1 aliphatic rings. The van der Waals surface area contributed by atoms with Crippen LogP contribution in [-0.2, 0) is 9.59 Å². The standard InChI is InChI=1S/C20H20O6/c1-25-13-7-3-5-11(9-13)15-16(12-6-4-8-14(10-12)26-2)18(20(23)24)17(15)19(21)22/h3-10,15-18H,1-2H3,(H,21,22)(H,23,24)/t15-,16+,17+,18-. The van der Waals surface area contributed by atoms with Crippen LogP contribution >= 0.6 is 0 Å². The van der Waals surface area contributed by atoms with Crippen molar-refractivity contribution in [1.29, 1.82) is 0 Å². The van der Waals surface area contributed by atoms with E-state index in [-0.39, 0.29) is 0 Å².